The van der Waals surface area contributed by atoms with Gasteiger partial charge >= 0.3 is 0 Å². The Morgan fingerprint density at radius 3 is 2.47 bits per heavy atom. The van der Waals surface area contributed by atoms with Gasteiger partial charge in [0.15, 0.2) is 3.95 Å². The van der Waals surface area contributed by atoms with Gasteiger partial charge < -0.3 is 9.73 Å². The number of nitrogens with zero attached hydrogens (tertiary/aromatic N) is 2. The van der Waals surface area contributed by atoms with E-state index in [-0.39, 0.29) is 4.84 Å². The van der Waals surface area contributed by atoms with Gasteiger partial charge in [0, 0.05) is 11.3 Å². The maximum atomic E-state index is 5.23. The Morgan fingerprint density at radius 2 is 1.89 bits per heavy atom. The summed E-state index contributed by atoms with van der Waals surface area (Å²) in [5.41, 5.74) is 1.74. The molecule has 3 N–H and O–H groups in total. The Morgan fingerprint density at radius 1 is 1.11 bits per heavy atom. The third-order valence-electron chi connectivity index (χ3n) is 2.26. The van der Waals surface area contributed by atoms with Gasteiger partial charge in [0.05, 0.1) is 0 Å². The average molecular weight is 309 g/mol. The molecule has 0 aliphatic heterocycles. The van der Waals surface area contributed by atoms with Crippen molar-refractivity contribution in [2.24, 2.45) is 0 Å². The molecule has 1 aromatic carbocycles. The fraction of sp³-hybridized carbons (Fsp3) is 0. The first-order valence-corrected chi connectivity index (χ1v) is 6.82. The normalized spacial score (nSPS) is 10.5. The van der Waals surface area contributed by atoms with Gasteiger partial charge in [0.1, 0.15) is 0 Å². The molecule has 0 radical (unpaired) electrons. The number of hydrogen-bond acceptors (Lipinski definition) is 7. The van der Waals surface area contributed by atoms with Gasteiger partial charge in [-0.25, -0.2) is 5.10 Å². The summed E-state index contributed by atoms with van der Waals surface area (Å²) in [6.07, 6.45) is 0. The Labute approximate surface area is 121 Å². The van der Waals surface area contributed by atoms with E-state index in [1.807, 2.05) is 24.3 Å². The predicted molar refractivity (Wildman–Crippen MR) is 77.7 cm³/mol. The molecule has 2 heterocycles. The zero-order valence-corrected chi connectivity index (χ0v) is 11.8. The second-order valence-electron chi connectivity index (χ2n) is 3.54. The third kappa shape index (κ3) is 2.78. The van der Waals surface area contributed by atoms with Crippen LogP contribution in [0.3, 0.4) is 0 Å². The van der Waals surface area contributed by atoms with Crippen molar-refractivity contribution >= 4 is 46.6 Å². The molecule has 0 aliphatic rings. The van der Waals surface area contributed by atoms with Crippen molar-refractivity contribution in [2.75, 3.05) is 5.32 Å². The zero-order chi connectivity index (χ0) is 13.2. The number of H-pyrrole nitrogens is 2. The van der Waals surface area contributed by atoms with E-state index >= 15 is 0 Å². The summed E-state index contributed by atoms with van der Waals surface area (Å²) in [7, 11) is 0. The summed E-state index contributed by atoms with van der Waals surface area (Å²) in [5, 5.41) is 17.1. The molecule has 96 valence electrons. The van der Waals surface area contributed by atoms with Crippen LogP contribution in [-0.2, 0) is 0 Å². The molecule has 0 saturated carbocycles. The SMILES string of the molecule is S=c1[nH]nc(-c2ccc(Nc3n[nH]c(=S)s3)cc2)o1. The summed E-state index contributed by atoms with van der Waals surface area (Å²) in [4.78, 5) is 0.258. The largest absolute Gasteiger partial charge is 0.409 e. The smallest absolute Gasteiger partial charge is 0.284 e. The zero-order valence-electron chi connectivity index (χ0n) is 9.34. The molecule has 0 bridgehead atoms. The maximum Gasteiger partial charge on any atom is 0.284 e. The molecule has 6 nitrogen and oxygen atoms in total. The van der Waals surface area contributed by atoms with E-state index < -0.39 is 0 Å². The average Bonchev–Trinajstić information content (AvgIpc) is 3.00. The van der Waals surface area contributed by atoms with Crippen LogP contribution in [-0.4, -0.2) is 20.4 Å². The fourth-order valence-electron chi connectivity index (χ4n) is 1.46. The second kappa shape index (κ2) is 5.03. The van der Waals surface area contributed by atoms with Gasteiger partial charge in [-0.05, 0) is 48.7 Å². The molecular weight excluding hydrogens is 302 g/mol. The van der Waals surface area contributed by atoms with Crippen molar-refractivity contribution in [1.82, 2.24) is 20.4 Å². The lowest BCUT2D eigenvalue weighted by Crippen LogP contribution is -1.89. The summed E-state index contributed by atoms with van der Waals surface area (Å²) in [6.45, 7) is 0. The summed E-state index contributed by atoms with van der Waals surface area (Å²) in [6, 6.07) is 7.55. The van der Waals surface area contributed by atoms with Gasteiger partial charge in [-0.15, -0.1) is 10.2 Å². The first kappa shape index (κ1) is 12.2. The predicted octanol–water partition coefficient (Wildman–Crippen LogP) is 3.66. The van der Waals surface area contributed by atoms with Crippen LogP contribution in [0.25, 0.3) is 11.5 Å². The van der Waals surface area contributed by atoms with Crippen molar-refractivity contribution in [3.05, 3.63) is 33.1 Å². The molecule has 9 heteroatoms. The highest BCUT2D eigenvalue weighted by molar-refractivity contribution is 7.73. The Balaban J connectivity index is 1.82. The van der Waals surface area contributed by atoms with Crippen molar-refractivity contribution in [2.45, 2.75) is 0 Å². The highest BCUT2D eigenvalue weighted by atomic mass is 32.1. The van der Waals surface area contributed by atoms with E-state index in [0.717, 1.165) is 16.4 Å². The van der Waals surface area contributed by atoms with Gasteiger partial charge in [0.25, 0.3) is 4.84 Å². The maximum absolute atomic E-state index is 5.23. The minimum atomic E-state index is 0.258. The summed E-state index contributed by atoms with van der Waals surface area (Å²) >= 11 is 11.2. The lowest BCUT2D eigenvalue weighted by atomic mass is 10.2. The molecule has 0 atom stereocenters. The van der Waals surface area contributed by atoms with Crippen LogP contribution < -0.4 is 5.32 Å². The van der Waals surface area contributed by atoms with E-state index in [0.29, 0.717) is 9.85 Å². The number of aromatic nitrogens is 4. The van der Waals surface area contributed by atoms with Crippen LogP contribution in [0.1, 0.15) is 0 Å². The van der Waals surface area contributed by atoms with Crippen LogP contribution >= 0.6 is 35.8 Å². The molecular formula is C10H7N5OS3. The Bertz CT molecular complexity index is 797. The highest BCUT2D eigenvalue weighted by Gasteiger charge is 2.04. The van der Waals surface area contributed by atoms with Gasteiger partial charge in [-0.3, -0.25) is 5.10 Å². The van der Waals surface area contributed by atoms with Crippen molar-refractivity contribution in [1.29, 1.82) is 0 Å². The molecule has 3 aromatic rings. The molecule has 2 aromatic heterocycles. The number of benzene rings is 1. The molecule has 0 spiro atoms. The van der Waals surface area contributed by atoms with Gasteiger partial charge in [-0.1, -0.05) is 11.3 Å². The van der Waals surface area contributed by atoms with Crippen molar-refractivity contribution in [3.63, 3.8) is 0 Å². The van der Waals surface area contributed by atoms with Crippen LogP contribution in [0.15, 0.2) is 28.7 Å². The van der Waals surface area contributed by atoms with Gasteiger partial charge in [-0.2, -0.15) is 0 Å². The molecule has 0 unspecified atom stereocenters. The van der Waals surface area contributed by atoms with Crippen molar-refractivity contribution < 1.29 is 4.42 Å². The van der Waals surface area contributed by atoms with Crippen LogP contribution in [0.4, 0.5) is 10.8 Å². The first-order chi connectivity index (χ1) is 9.20. The molecule has 0 aliphatic carbocycles. The van der Waals surface area contributed by atoms with E-state index in [2.05, 4.69) is 25.7 Å². The van der Waals surface area contributed by atoms with E-state index in [9.17, 15) is 0 Å². The molecule has 19 heavy (non-hydrogen) atoms. The van der Waals surface area contributed by atoms with Crippen LogP contribution in [0, 0.1) is 8.79 Å². The van der Waals surface area contributed by atoms with E-state index in [4.69, 9.17) is 28.9 Å². The van der Waals surface area contributed by atoms with Gasteiger partial charge in [0.2, 0.25) is 11.0 Å². The third-order valence-corrected chi connectivity index (χ3v) is 3.44. The quantitative estimate of drug-likeness (QED) is 0.641. The van der Waals surface area contributed by atoms with Crippen LogP contribution in [0.2, 0.25) is 0 Å². The summed E-state index contributed by atoms with van der Waals surface area (Å²) < 4.78 is 5.86. The number of anilines is 2. The minimum Gasteiger partial charge on any atom is -0.409 e. The van der Waals surface area contributed by atoms with E-state index in [1.165, 1.54) is 11.3 Å². The Hall–Kier alpha value is -1.84. The minimum absolute atomic E-state index is 0.258. The standard InChI is InChI=1S/C10H7N5OS3/c17-9-14-12-7(16-9)5-1-3-6(4-2-5)11-8-13-15-10(18)19-8/h1-4H,(H,11,13)(H,14,17)(H,15,18). The molecule has 0 fully saturated rings. The summed E-state index contributed by atoms with van der Waals surface area (Å²) in [5.74, 6) is 0.465. The molecule has 0 amide bonds. The highest BCUT2D eigenvalue weighted by Crippen LogP contribution is 2.22. The number of nitrogens with one attached hydrogen (secondary N) is 3. The molecule has 0 saturated heterocycles. The topological polar surface area (TPSA) is 82.5 Å². The lowest BCUT2D eigenvalue weighted by Gasteiger charge is -2.01. The van der Waals surface area contributed by atoms with Crippen LogP contribution in [0.5, 0.6) is 0 Å². The van der Waals surface area contributed by atoms with E-state index in [1.54, 1.807) is 0 Å². The number of rotatable bonds is 3. The lowest BCUT2D eigenvalue weighted by molar-refractivity contribution is 0.552. The monoisotopic (exact) mass is 309 g/mol. The van der Waals surface area contributed by atoms with Crippen molar-refractivity contribution in [3.8, 4) is 11.5 Å². The second-order valence-corrected chi connectivity index (χ2v) is 5.58. The Kier molecular flexibility index (Phi) is 3.23. The number of hydrogen-bond donors (Lipinski definition) is 3. The molecule has 3 rings (SSSR count). The first-order valence-electron chi connectivity index (χ1n) is 5.19. The number of aromatic amines is 2. The fourth-order valence-corrected chi connectivity index (χ4v) is 2.39.